The number of carbonyl (C=O) groups excluding carboxylic acids is 1. The number of carbonyl (C=O) groups is 1. The highest BCUT2D eigenvalue weighted by Gasteiger charge is 2.46. The highest BCUT2D eigenvalue weighted by molar-refractivity contribution is 5.83. The van der Waals surface area contributed by atoms with Crippen LogP contribution < -0.4 is 5.73 Å². The monoisotopic (exact) mass is 230 g/mol. The third-order valence-corrected chi connectivity index (χ3v) is 3.87. The molecule has 2 fully saturated rings. The molecule has 17 heavy (non-hydrogen) atoms. The summed E-state index contributed by atoms with van der Waals surface area (Å²) in [7, 11) is 0. The Morgan fingerprint density at radius 2 is 2.06 bits per heavy atom. The van der Waals surface area contributed by atoms with Crippen molar-refractivity contribution in [3.8, 4) is 0 Å². The summed E-state index contributed by atoms with van der Waals surface area (Å²) in [6, 6.07) is 10.5. The molecule has 1 aliphatic heterocycles. The Bertz CT molecular complexity index is 417. The van der Waals surface area contributed by atoms with Gasteiger partial charge in [0.05, 0.1) is 0 Å². The SMILES string of the molecule is NC1CCN(C(=O)C2CC2c2ccccc2)C1. The van der Waals surface area contributed by atoms with Crippen LogP contribution in [0.4, 0.5) is 0 Å². The number of hydrogen-bond donors (Lipinski definition) is 1. The van der Waals surface area contributed by atoms with Gasteiger partial charge in [-0.3, -0.25) is 4.79 Å². The van der Waals surface area contributed by atoms with Gasteiger partial charge in [-0.1, -0.05) is 30.3 Å². The molecule has 1 saturated carbocycles. The van der Waals surface area contributed by atoms with E-state index < -0.39 is 0 Å². The fraction of sp³-hybridized carbons (Fsp3) is 0.500. The third-order valence-electron chi connectivity index (χ3n) is 3.87. The summed E-state index contributed by atoms with van der Waals surface area (Å²) in [5.41, 5.74) is 7.14. The summed E-state index contributed by atoms with van der Waals surface area (Å²) in [6.45, 7) is 1.59. The van der Waals surface area contributed by atoms with Gasteiger partial charge in [-0.2, -0.15) is 0 Å². The Hall–Kier alpha value is -1.35. The van der Waals surface area contributed by atoms with Gasteiger partial charge in [-0.25, -0.2) is 0 Å². The number of nitrogens with zero attached hydrogens (tertiary/aromatic N) is 1. The first-order chi connectivity index (χ1) is 8.25. The second-order valence-electron chi connectivity index (χ2n) is 5.19. The van der Waals surface area contributed by atoms with Crippen molar-refractivity contribution >= 4 is 5.91 Å². The van der Waals surface area contributed by atoms with Crippen LogP contribution in [0.1, 0.15) is 24.3 Å². The predicted octanol–water partition coefficient (Wildman–Crippen LogP) is 1.35. The number of rotatable bonds is 2. The number of nitrogens with two attached hydrogens (primary N) is 1. The lowest BCUT2D eigenvalue weighted by Gasteiger charge is -2.15. The van der Waals surface area contributed by atoms with Crippen LogP contribution >= 0.6 is 0 Å². The van der Waals surface area contributed by atoms with Crippen LogP contribution in [0, 0.1) is 5.92 Å². The van der Waals surface area contributed by atoms with Crippen LogP contribution in [0.2, 0.25) is 0 Å². The molecule has 3 unspecified atom stereocenters. The van der Waals surface area contributed by atoms with Gasteiger partial charge in [0.15, 0.2) is 0 Å². The van der Waals surface area contributed by atoms with Crippen LogP contribution in [0.15, 0.2) is 30.3 Å². The zero-order valence-corrected chi connectivity index (χ0v) is 9.88. The first-order valence-electron chi connectivity index (χ1n) is 6.35. The van der Waals surface area contributed by atoms with E-state index in [-0.39, 0.29) is 12.0 Å². The van der Waals surface area contributed by atoms with E-state index in [1.807, 2.05) is 23.1 Å². The fourth-order valence-corrected chi connectivity index (χ4v) is 2.76. The predicted molar refractivity (Wildman–Crippen MR) is 66.5 cm³/mol. The van der Waals surface area contributed by atoms with Crippen molar-refractivity contribution in [2.75, 3.05) is 13.1 Å². The van der Waals surface area contributed by atoms with E-state index in [0.29, 0.717) is 11.8 Å². The van der Waals surface area contributed by atoms with E-state index in [0.717, 1.165) is 25.9 Å². The number of hydrogen-bond acceptors (Lipinski definition) is 2. The second kappa shape index (κ2) is 4.15. The van der Waals surface area contributed by atoms with E-state index in [1.165, 1.54) is 5.56 Å². The zero-order chi connectivity index (χ0) is 11.8. The van der Waals surface area contributed by atoms with Crippen LogP contribution in [-0.4, -0.2) is 29.9 Å². The van der Waals surface area contributed by atoms with Crippen molar-refractivity contribution in [2.24, 2.45) is 11.7 Å². The summed E-state index contributed by atoms with van der Waals surface area (Å²) < 4.78 is 0. The molecule has 1 aromatic rings. The van der Waals surface area contributed by atoms with Gasteiger partial charge in [-0.15, -0.1) is 0 Å². The highest BCUT2D eigenvalue weighted by Crippen LogP contribution is 2.48. The molecule has 0 spiro atoms. The molecule has 1 saturated heterocycles. The van der Waals surface area contributed by atoms with E-state index in [4.69, 9.17) is 5.73 Å². The average Bonchev–Trinajstić information content (AvgIpc) is 3.05. The molecule has 1 aromatic carbocycles. The van der Waals surface area contributed by atoms with Crippen molar-refractivity contribution in [1.29, 1.82) is 0 Å². The van der Waals surface area contributed by atoms with Gasteiger partial charge in [0, 0.05) is 25.0 Å². The Morgan fingerprint density at radius 1 is 1.29 bits per heavy atom. The maximum absolute atomic E-state index is 12.2. The van der Waals surface area contributed by atoms with Gasteiger partial charge in [0.2, 0.25) is 5.91 Å². The Morgan fingerprint density at radius 3 is 2.71 bits per heavy atom. The maximum Gasteiger partial charge on any atom is 0.226 e. The summed E-state index contributed by atoms with van der Waals surface area (Å²) in [5, 5.41) is 0. The van der Waals surface area contributed by atoms with Crippen LogP contribution in [0.25, 0.3) is 0 Å². The lowest BCUT2D eigenvalue weighted by molar-refractivity contribution is -0.131. The minimum absolute atomic E-state index is 0.188. The normalized spacial score (nSPS) is 31.6. The first kappa shape index (κ1) is 10.8. The minimum Gasteiger partial charge on any atom is -0.341 e. The summed E-state index contributed by atoms with van der Waals surface area (Å²) in [6.07, 6.45) is 1.96. The largest absolute Gasteiger partial charge is 0.341 e. The van der Waals surface area contributed by atoms with Crippen LogP contribution in [0.5, 0.6) is 0 Å². The van der Waals surface area contributed by atoms with E-state index >= 15 is 0 Å². The van der Waals surface area contributed by atoms with Gasteiger partial charge < -0.3 is 10.6 Å². The van der Waals surface area contributed by atoms with Crippen molar-refractivity contribution < 1.29 is 4.79 Å². The van der Waals surface area contributed by atoms with Gasteiger partial charge in [-0.05, 0) is 24.3 Å². The molecule has 0 aromatic heterocycles. The molecule has 1 amide bonds. The van der Waals surface area contributed by atoms with E-state index in [1.54, 1.807) is 0 Å². The van der Waals surface area contributed by atoms with Gasteiger partial charge in [0.25, 0.3) is 0 Å². The Balaban J connectivity index is 1.63. The molecule has 3 rings (SSSR count). The van der Waals surface area contributed by atoms with Crippen molar-refractivity contribution in [3.05, 3.63) is 35.9 Å². The topological polar surface area (TPSA) is 46.3 Å². The lowest BCUT2D eigenvalue weighted by atomic mass is 10.1. The Labute approximate surface area is 102 Å². The third kappa shape index (κ3) is 2.07. The van der Waals surface area contributed by atoms with Crippen LogP contribution in [0.3, 0.4) is 0 Å². The highest BCUT2D eigenvalue weighted by atomic mass is 16.2. The smallest absolute Gasteiger partial charge is 0.226 e. The van der Waals surface area contributed by atoms with Crippen molar-refractivity contribution in [3.63, 3.8) is 0 Å². The first-order valence-corrected chi connectivity index (χ1v) is 6.35. The van der Waals surface area contributed by atoms with Crippen LogP contribution in [-0.2, 0) is 4.79 Å². The second-order valence-corrected chi connectivity index (χ2v) is 5.19. The fourth-order valence-electron chi connectivity index (χ4n) is 2.76. The molecule has 2 N–H and O–H groups in total. The summed E-state index contributed by atoms with van der Waals surface area (Å²) >= 11 is 0. The molecule has 3 atom stereocenters. The molecule has 0 bridgehead atoms. The van der Waals surface area contributed by atoms with E-state index in [9.17, 15) is 4.79 Å². The number of amides is 1. The molecule has 90 valence electrons. The van der Waals surface area contributed by atoms with Crippen molar-refractivity contribution in [2.45, 2.75) is 24.8 Å². The standard InChI is InChI=1S/C14H18N2O/c15-11-6-7-16(9-11)14(17)13-8-12(13)10-4-2-1-3-5-10/h1-5,11-13H,6-9,15H2. The quantitative estimate of drug-likeness (QED) is 0.833. The molecule has 0 radical (unpaired) electrons. The molecule has 2 aliphatic rings. The molecular weight excluding hydrogens is 212 g/mol. The number of likely N-dealkylation sites (tertiary alicyclic amines) is 1. The molecule has 1 aliphatic carbocycles. The molecular formula is C14H18N2O. The van der Waals surface area contributed by atoms with Gasteiger partial charge in [0.1, 0.15) is 0 Å². The summed E-state index contributed by atoms with van der Waals surface area (Å²) in [5.74, 6) is 0.968. The number of benzene rings is 1. The van der Waals surface area contributed by atoms with E-state index in [2.05, 4.69) is 12.1 Å². The maximum atomic E-state index is 12.2. The zero-order valence-electron chi connectivity index (χ0n) is 9.88. The molecule has 3 heteroatoms. The molecule has 3 nitrogen and oxygen atoms in total. The molecule has 1 heterocycles. The van der Waals surface area contributed by atoms with Crippen molar-refractivity contribution in [1.82, 2.24) is 4.90 Å². The van der Waals surface area contributed by atoms with Gasteiger partial charge >= 0.3 is 0 Å². The Kier molecular flexibility index (Phi) is 2.63. The average molecular weight is 230 g/mol. The minimum atomic E-state index is 0.188. The lowest BCUT2D eigenvalue weighted by Crippen LogP contribution is -2.33. The summed E-state index contributed by atoms with van der Waals surface area (Å²) in [4.78, 5) is 14.1.